The average molecular weight is 151 g/mol. The van der Waals surface area contributed by atoms with Crippen LogP contribution in [0.25, 0.3) is 0 Å². The third kappa shape index (κ3) is 1.85. The molecule has 1 N–H and O–H groups in total. The van der Waals surface area contributed by atoms with Gasteiger partial charge in [-0.1, -0.05) is 0 Å². The zero-order chi connectivity index (χ0) is 8.27. The lowest BCUT2D eigenvalue weighted by molar-refractivity contribution is 0.0779. The standard InChI is InChI=1S/C8H9NO2/c1-6(10)8(11)7-2-4-9-5-3-7/h2-6,10H,1H3. The molecule has 0 amide bonds. The van der Waals surface area contributed by atoms with E-state index < -0.39 is 6.10 Å². The summed E-state index contributed by atoms with van der Waals surface area (Å²) >= 11 is 0. The molecule has 3 heteroatoms. The van der Waals surface area contributed by atoms with Gasteiger partial charge in [0.25, 0.3) is 0 Å². The lowest BCUT2D eigenvalue weighted by atomic mass is 10.1. The number of carbonyl (C=O) groups excluding carboxylic acids is 1. The van der Waals surface area contributed by atoms with Crippen LogP contribution in [-0.2, 0) is 0 Å². The van der Waals surface area contributed by atoms with Gasteiger partial charge in [0.2, 0.25) is 0 Å². The summed E-state index contributed by atoms with van der Waals surface area (Å²) in [7, 11) is 0. The Morgan fingerprint density at radius 3 is 2.55 bits per heavy atom. The lowest BCUT2D eigenvalue weighted by Crippen LogP contribution is -2.15. The van der Waals surface area contributed by atoms with Crippen molar-refractivity contribution in [3.05, 3.63) is 30.1 Å². The molecule has 0 fully saturated rings. The zero-order valence-electron chi connectivity index (χ0n) is 6.19. The molecular formula is C8H9NO2. The number of aliphatic hydroxyl groups excluding tert-OH is 1. The molecule has 1 rings (SSSR count). The fraction of sp³-hybridized carbons (Fsp3) is 0.250. The fourth-order valence-corrected chi connectivity index (χ4v) is 0.757. The molecule has 0 aliphatic carbocycles. The van der Waals surface area contributed by atoms with Crippen molar-refractivity contribution in [1.82, 2.24) is 4.98 Å². The largest absolute Gasteiger partial charge is 0.385 e. The number of hydrogen-bond donors (Lipinski definition) is 1. The minimum Gasteiger partial charge on any atom is -0.385 e. The summed E-state index contributed by atoms with van der Waals surface area (Å²) < 4.78 is 0. The maximum absolute atomic E-state index is 11.1. The predicted molar refractivity (Wildman–Crippen MR) is 40.2 cm³/mol. The van der Waals surface area contributed by atoms with Gasteiger partial charge in [0.1, 0.15) is 6.10 Å². The number of ketones is 1. The number of rotatable bonds is 2. The highest BCUT2D eigenvalue weighted by Crippen LogP contribution is 2.00. The van der Waals surface area contributed by atoms with Crippen LogP contribution in [0.1, 0.15) is 17.3 Å². The summed E-state index contributed by atoms with van der Waals surface area (Å²) in [6.07, 6.45) is 2.11. The fourth-order valence-electron chi connectivity index (χ4n) is 0.757. The molecule has 3 nitrogen and oxygen atoms in total. The number of nitrogens with zero attached hydrogens (tertiary/aromatic N) is 1. The van der Waals surface area contributed by atoms with Crippen molar-refractivity contribution in [2.45, 2.75) is 13.0 Å². The van der Waals surface area contributed by atoms with E-state index in [4.69, 9.17) is 5.11 Å². The maximum atomic E-state index is 11.1. The molecule has 1 unspecified atom stereocenters. The molecule has 1 aromatic heterocycles. The minimum atomic E-state index is -0.933. The first-order chi connectivity index (χ1) is 5.22. The van der Waals surface area contributed by atoms with Crippen LogP contribution in [0, 0.1) is 0 Å². The Kier molecular flexibility index (Phi) is 2.33. The van der Waals surface area contributed by atoms with E-state index in [-0.39, 0.29) is 5.78 Å². The summed E-state index contributed by atoms with van der Waals surface area (Å²) in [5.74, 6) is -0.271. The van der Waals surface area contributed by atoms with Crippen LogP contribution in [0.4, 0.5) is 0 Å². The molecule has 0 aliphatic rings. The highest BCUT2D eigenvalue weighted by molar-refractivity contribution is 5.98. The van der Waals surface area contributed by atoms with Crippen LogP contribution >= 0.6 is 0 Å². The number of hydrogen-bond acceptors (Lipinski definition) is 3. The molecule has 58 valence electrons. The van der Waals surface area contributed by atoms with Crippen LogP contribution in [0.2, 0.25) is 0 Å². The van der Waals surface area contributed by atoms with Gasteiger partial charge < -0.3 is 5.11 Å². The summed E-state index contributed by atoms with van der Waals surface area (Å²) in [4.78, 5) is 14.8. The van der Waals surface area contributed by atoms with Gasteiger partial charge >= 0.3 is 0 Å². The molecule has 0 radical (unpaired) electrons. The van der Waals surface area contributed by atoms with Crippen molar-refractivity contribution in [1.29, 1.82) is 0 Å². The van der Waals surface area contributed by atoms with Crippen LogP contribution in [-0.4, -0.2) is 22.0 Å². The molecule has 0 aliphatic heterocycles. The third-order valence-electron chi connectivity index (χ3n) is 1.34. The summed E-state index contributed by atoms with van der Waals surface area (Å²) in [5.41, 5.74) is 0.495. The second-order valence-electron chi connectivity index (χ2n) is 2.28. The highest BCUT2D eigenvalue weighted by Gasteiger charge is 2.10. The normalized spacial score (nSPS) is 12.5. The van der Waals surface area contributed by atoms with Gasteiger partial charge in [-0.3, -0.25) is 9.78 Å². The van der Waals surface area contributed by atoms with Crippen LogP contribution in [0.3, 0.4) is 0 Å². The topological polar surface area (TPSA) is 50.2 Å². The van der Waals surface area contributed by atoms with Gasteiger partial charge in [0.15, 0.2) is 5.78 Å². The summed E-state index contributed by atoms with van der Waals surface area (Å²) in [6.45, 7) is 1.45. The Morgan fingerprint density at radius 1 is 1.55 bits per heavy atom. The van der Waals surface area contributed by atoms with Crippen molar-refractivity contribution < 1.29 is 9.90 Å². The summed E-state index contributed by atoms with van der Waals surface area (Å²) in [5, 5.41) is 8.90. The number of aromatic nitrogens is 1. The molecule has 1 heterocycles. The first-order valence-electron chi connectivity index (χ1n) is 3.34. The van der Waals surface area contributed by atoms with E-state index in [1.807, 2.05) is 0 Å². The number of Topliss-reactive ketones (excluding diaryl/α,β-unsaturated/α-hetero) is 1. The van der Waals surface area contributed by atoms with Crippen molar-refractivity contribution in [2.75, 3.05) is 0 Å². The van der Waals surface area contributed by atoms with Crippen LogP contribution in [0.15, 0.2) is 24.5 Å². The van der Waals surface area contributed by atoms with E-state index in [2.05, 4.69) is 4.98 Å². The second kappa shape index (κ2) is 3.25. The van der Waals surface area contributed by atoms with Crippen molar-refractivity contribution in [2.24, 2.45) is 0 Å². The highest BCUT2D eigenvalue weighted by atomic mass is 16.3. The lowest BCUT2D eigenvalue weighted by Gasteiger charge is -2.00. The van der Waals surface area contributed by atoms with Crippen LogP contribution in [0.5, 0.6) is 0 Å². The Balaban J connectivity index is 2.86. The predicted octanol–water partition coefficient (Wildman–Crippen LogP) is 0.645. The second-order valence-corrected chi connectivity index (χ2v) is 2.28. The quantitative estimate of drug-likeness (QED) is 0.631. The SMILES string of the molecule is CC(O)C(=O)c1ccncc1. The third-order valence-corrected chi connectivity index (χ3v) is 1.34. The van der Waals surface area contributed by atoms with Crippen LogP contribution < -0.4 is 0 Å². The van der Waals surface area contributed by atoms with Crippen molar-refractivity contribution in [3.63, 3.8) is 0 Å². The summed E-state index contributed by atoms with van der Waals surface area (Å²) in [6, 6.07) is 3.16. The molecule has 0 spiro atoms. The Bertz CT molecular complexity index is 244. The molecule has 0 saturated heterocycles. The Morgan fingerprint density at radius 2 is 2.09 bits per heavy atom. The van der Waals surface area contributed by atoms with E-state index in [1.165, 1.54) is 19.3 Å². The number of pyridine rings is 1. The van der Waals surface area contributed by atoms with Gasteiger partial charge in [-0.2, -0.15) is 0 Å². The van der Waals surface area contributed by atoms with Gasteiger partial charge in [0.05, 0.1) is 0 Å². The molecule has 11 heavy (non-hydrogen) atoms. The van der Waals surface area contributed by atoms with Gasteiger partial charge in [-0.05, 0) is 19.1 Å². The van der Waals surface area contributed by atoms with Gasteiger partial charge in [-0.15, -0.1) is 0 Å². The van der Waals surface area contributed by atoms with E-state index in [0.717, 1.165) is 0 Å². The number of carbonyl (C=O) groups is 1. The molecule has 0 bridgehead atoms. The molecule has 0 aromatic carbocycles. The average Bonchev–Trinajstić information content (AvgIpc) is 2.05. The van der Waals surface area contributed by atoms with Gasteiger partial charge in [-0.25, -0.2) is 0 Å². The Labute approximate surface area is 64.7 Å². The molecule has 1 atom stereocenters. The maximum Gasteiger partial charge on any atom is 0.191 e. The Hall–Kier alpha value is -1.22. The molecule has 1 aromatic rings. The van der Waals surface area contributed by atoms with Crippen molar-refractivity contribution in [3.8, 4) is 0 Å². The van der Waals surface area contributed by atoms with Gasteiger partial charge in [0, 0.05) is 18.0 Å². The zero-order valence-corrected chi connectivity index (χ0v) is 6.19. The smallest absolute Gasteiger partial charge is 0.191 e. The van der Waals surface area contributed by atoms with E-state index >= 15 is 0 Å². The molecular weight excluding hydrogens is 142 g/mol. The first kappa shape index (κ1) is 7.88. The first-order valence-corrected chi connectivity index (χ1v) is 3.34. The van der Waals surface area contributed by atoms with E-state index in [9.17, 15) is 4.79 Å². The minimum absolute atomic E-state index is 0.271. The molecule has 0 saturated carbocycles. The van der Waals surface area contributed by atoms with E-state index in [1.54, 1.807) is 12.1 Å². The monoisotopic (exact) mass is 151 g/mol. The van der Waals surface area contributed by atoms with Crippen molar-refractivity contribution >= 4 is 5.78 Å². The number of aliphatic hydroxyl groups is 1. The van der Waals surface area contributed by atoms with E-state index in [0.29, 0.717) is 5.56 Å².